The van der Waals surface area contributed by atoms with Crippen LogP contribution in [0.15, 0.2) is 17.1 Å². The van der Waals surface area contributed by atoms with Crippen molar-refractivity contribution in [2.45, 2.75) is 25.8 Å². The quantitative estimate of drug-likeness (QED) is 0.367. The van der Waals surface area contributed by atoms with Crippen LogP contribution in [-0.4, -0.2) is 82.1 Å². The summed E-state index contributed by atoms with van der Waals surface area (Å²) in [7, 11) is 0.147. The van der Waals surface area contributed by atoms with E-state index in [1.807, 2.05) is 6.92 Å². The van der Waals surface area contributed by atoms with E-state index in [-0.39, 0.29) is 18.5 Å². The van der Waals surface area contributed by atoms with Crippen molar-refractivity contribution in [2.24, 2.45) is 4.99 Å². The highest BCUT2D eigenvalue weighted by Gasteiger charge is 2.31. The lowest BCUT2D eigenvalue weighted by atomic mass is 10.2. The molecule has 2 N–H and O–H groups in total. The third-order valence-corrected chi connectivity index (χ3v) is 5.02. The molecule has 0 aromatic carbocycles. The first kappa shape index (κ1) is 20.4. The Morgan fingerprint density at radius 1 is 1.38 bits per heavy atom. The molecule has 1 heterocycles. The van der Waals surface area contributed by atoms with E-state index in [0.29, 0.717) is 25.6 Å². The summed E-state index contributed by atoms with van der Waals surface area (Å²) in [6.07, 6.45) is 2.89. The fourth-order valence-corrected chi connectivity index (χ4v) is 3.54. The third kappa shape index (κ3) is 6.88. The predicted molar refractivity (Wildman–Crippen MR) is 96.4 cm³/mol. The zero-order valence-electron chi connectivity index (χ0n) is 15.0. The maximum absolute atomic E-state index is 11.8. The number of nitrogens with one attached hydrogen (secondary N) is 2. The highest BCUT2D eigenvalue weighted by Crippen LogP contribution is 2.19. The molecule has 0 bridgehead atoms. The highest BCUT2D eigenvalue weighted by molar-refractivity contribution is 7.88. The summed E-state index contributed by atoms with van der Waals surface area (Å²) in [5.74, 6) is 0.374. The summed E-state index contributed by atoms with van der Waals surface area (Å²) in [5, 5.41) is 6.23. The Morgan fingerprint density at radius 2 is 2.04 bits per heavy atom. The van der Waals surface area contributed by atoms with Gasteiger partial charge in [0.1, 0.15) is 6.54 Å². The first-order valence-corrected chi connectivity index (χ1v) is 9.79. The van der Waals surface area contributed by atoms with Gasteiger partial charge in [-0.2, -0.15) is 4.31 Å². The molecule has 0 saturated carbocycles. The van der Waals surface area contributed by atoms with E-state index in [0.717, 1.165) is 18.4 Å². The molecule has 9 heteroatoms. The first-order chi connectivity index (χ1) is 11.1. The standard InChI is InChI=1S/C15H29N5O3S/c1-12(2)9-16-15(18-11-14(21)19(3)4)17-10-13-7-6-8-20(13)24(5,22)23/h13H,1,6-11H2,2-5H3,(H2,16,17,18)/t13-/m1/s1. The van der Waals surface area contributed by atoms with Crippen LogP contribution in [0, 0.1) is 0 Å². The van der Waals surface area contributed by atoms with Crippen LogP contribution in [0.1, 0.15) is 19.8 Å². The van der Waals surface area contributed by atoms with Crippen LogP contribution in [0.2, 0.25) is 0 Å². The maximum atomic E-state index is 11.8. The van der Waals surface area contributed by atoms with E-state index >= 15 is 0 Å². The van der Waals surface area contributed by atoms with Crippen LogP contribution in [0.4, 0.5) is 0 Å². The molecule has 1 atom stereocenters. The van der Waals surface area contributed by atoms with Gasteiger partial charge in [-0.25, -0.2) is 13.4 Å². The molecule has 1 aliphatic heterocycles. The molecule has 0 radical (unpaired) electrons. The van der Waals surface area contributed by atoms with Crippen molar-refractivity contribution in [2.75, 3.05) is 46.5 Å². The van der Waals surface area contributed by atoms with Gasteiger partial charge in [-0.3, -0.25) is 4.79 Å². The Kier molecular flexibility index (Phi) is 7.68. The topological polar surface area (TPSA) is 94.1 Å². The van der Waals surface area contributed by atoms with Crippen molar-refractivity contribution in [3.8, 4) is 0 Å². The van der Waals surface area contributed by atoms with Crippen LogP contribution < -0.4 is 10.6 Å². The average Bonchev–Trinajstić information content (AvgIpc) is 2.94. The molecule has 1 saturated heterocycles. The molecular weight excluding hydrogens is 330 g/mol. The van der Waals surface area contributed by atoms with Gasteiger partial charge in [0.25, 0.3) is 0 Å². The Morgan fingerprint density at radius 3 is 2.58 bits per heavy atom. The van der Waals surface area contributed by atoms with E-state index in [2.05, 4.69) is 22.2 Å². The number of carbonyl (C=O) groups is 1. The number of hydrogen-bond donors (Lipinski definition) is 2. The van der Waals surface area contributed by atoms with E-state index in [1.54, 1.807) is 14.1 Å². The van der Waals surface area contributed by atoms with Gasteiger partial charge in [0.05, 0.1) is 6.26 Å². The summed E-state index contributed by atoms with van der Waals surface area (Å²) in [4.78, 5) is 17.4. The number of nitrogens with zero attached hydrogens (tertiary/aromatic N) is 3. The smallest absolute Gasteiger partial charge is 0.243 e. The SMILES string of the molecule is C=C(C)CNC(=NCC(=O)N(C)C)NC[C@H]1CCCN1S(C)(=O)=O. The van der Waals surface area contributed by atoms with E-state index in [4.69, 9.17) is 0 Å². The number of guanidine groups is 1. The van der Waals surface area contributed by atoms with Crippen molar-refractivity contribution in [1.82, 2.24) is 19.8 Å². The van der Waals surface area contributed by atoms with Crippen LogP contribution in [0.5, 0.6) is 0 Å². The lowest BCUT2D eigenvalue weighted by molar-refractivity contribution is -0.127. The number of aliphatic imine (C=N–C) groups is 1. The molecule has 0 unspecified atom stereocenters. The lowest BCUT2D eigenvalue weighted by Crippen LogP contribution is -2.46. The lowest BCUT2D eigenvalue weighted by Gasteiger charge is -2.23. The largest absolute Gasteiger partial charge is 0.355 e. The number of hydrogen-bond acceptors (Lipinski definition) is 4. The summed E-state index contributed by atoms with van der Waals surface area (Å²) < 4.78 is 25.1. The fourth-order valence-electron chi connectivity index (χ4n) is 2.36. The summed E-state index contributed by atoms with van der Waals surface area (Å²) in [6.45, 7) is 7.27. The molecule has 1 rings (SSSR count). The van der Waals surface area contributed by atoms with Crippen LogP contribution in [0.3, 0.4) is 0 Å². The van der Waals surface area contributed by atoms with Crippen LogP contribution in [-0.2, 0) is 14.8 Å². The van der Waals surface area contributed by atoms with E-state index < -0.39 is 10.0 Å². The molecule has 1 amide bonds. The Bertz CT molecular complexity index is 586. The fraction of sp³-hybridized carbons (Fsp3) is 0.733. The zero-order chi connectivity index (χ0) is 18.3. The van der Waals surface area contributed by atoms with E-state index in [1.165, 1.54) is 15.5 Å². The van der Waals surface area contributed by atoms with Gasteiger partial charge < -0.3 is 15.5 Å². The van der Waals surface area contributed by atoms with Gasteiger partial charge in [0.15, 0.2) is 5.96 Å². The van der Waals surface area contributed by atoms with Crippen molar-refractivity contribution in [3.63, 3.8) is 0 Å². The minimum absolute atomic E-state index is 0.0268. The van der Waals surface area contributed by atoms with Gasteiger partial charge in [-0.1, -0.05) is 12.2 Å². The predicted octanol–water partition coefficient (Wildman–Crippen LogP) is -0.390. The Hall–Kier alpha value is -1.61. The molecule has 1 fully saturated rings. The monoisotopic (exact) mass is 359 g/mol. The molecule has 0 spiro atoms. The van der Waals surface area contributed by atoms with Crippen LogP contribution >= 0.6 is 0 Å². The molecule has 0 aliphatic carbocycles. The van der Waals surface area contributed by atoms with Gasteiger partial charge in [-0.05, 0) is 19.8 Å². The Balaban J connectivity index is 2.68. The molecule has 24 heavy (non-hydrogen) atoms. The van der Waals surface area contributed by atoms with E-state index in [9.17, 15) is 13.2 Å². The number of sulfonamides is 1. The van der Waals surface area contributed by atoms with Gasteiger partial charge in [0, 0.05) is 39.8 Å². The molecule has 0 aromatic rings. The average molecular weight is 359 g/mol. The van der Waals surface area contributed by atoms with Crippen LogP contribution in [0.25, 0.3) is 0 Å². The number of carbonyl (C=O) groups excluding carboxylic acids is 1. The second kappa shape index (κ2) is 9.03. The minimum Gasteiger partial charge on any atom is -0.355 e. The second-order valence-corrected chi connectivity index (χ2v) is 8.25. The van der Waals surface area contributed by atoms with Gasteiger partial charge in [-0.15, -0.1) is 0 Å². The normalized spacial score (nSPS) is 19.2. The molecule has 8 nitrogen and oxygen atoms in total. The second-order valence-electron chi connectivity index (χ2n) is 6.31. The van der Waals surface area contributed by atoms with Crippen molar-refractivity contribution in [1.29, 1.82) is 0 Å². The Labute approximate surface area is 145 Å². The molecule has 1 aliphatic rings. The number of rotatable bonds is 7. The summed E-state index contributed by atoms with van der Waals surface area (Å²) >= 11 is 0. The van der Waals surface area contributed by atoms with Crippen molar-refractivity contribution >= 4 is 21.9 Å². The summed E-state index contributed by atoms with van der Waals surface area (Å²) in [5.41, 5.74) is 0.932. The third-order valence-electron chi connectivity index (χ3n) is 3.68. The maximum Gasteiger partial charge on any atom is 0.243 e. The first-order valence-electron chi connectivity index (χ1n) is 7.94. The molecular formula is C15H29N5O3S. The van der Waals surface area contributed by atoms with Gasteiger partial charge in [0.2, 0.25) is 15.9 Å². The molecule has 0 aromatic heterocycles. The molecule has 138 valence electrons. The minimum atomic E-state index is -3.20. The van der Waals surface area contributed by atoms with Crippen molar-refractivity contribution in [3.05, 3.63) is 12.2 Å². The number of amides is 1. The zero-order valence-corrected chi connectivity index (χ0v) is 15.8. The highest BCUT2D eigenvalue weighted by atomic mass is 32.2. The summed E-state index contributed by atoms with van der Waals surface area (Å²) in [6, 6.07) is -0.0959. The van der Waals surface area contributed by atoms with Gasteiger partial charge >= 0.3 is 0 Å². The number of likely N-dealkylation sites (N-methyl/N-ethyl adjacent to an activating group) is 1. The van der Waals surface area contributed by atoms with Crippen molar-refractivity contribution < 1.29 is 13.2 Å².